The molecule has 2 atom stereocenters. The maximum Gasteiger partial charge on any atom is 0.297 e. The van der Waals surface area contributed by atoms with Gasteiger partial charge in [-0.15, -0.1) is 0 Å². The van der Waals surface area contributed by atoms with Crippen LogP contribution in [-0.4, -0.2) is 60.1 Å². The van der Waals surface area contributed by atoms with E-state index in [2.05, 4.69) is 44.3 Å². The molecule has 5 rings (SSSR count). The molecular weight excluding hydrogens is 418 g/mol. The summed E-state index contributed by atoms with van der Waals surface area (Å²) in [6.45, 7) is 6.08. The average molecular weight is 446 g/mol. The molecule has 1 saturated heterocycles. The third kappa shape index (κ3) is 4.07. The first kappa shape index (κ1) is 21.1. The fourth-order valence-corrected chi connectivity index (χ4v) is 4.38. The van der Waals surface area contributed by atoms with E-state index in [1.54, 1.807) is 23.4 Å². The Morgan fingerprint density at radius 2 is 1.82 bits per heavy atom. The highest BCUT2D eigenvalue weighted by Gasteiger charge is 2.24. The number of anilines is 3. The van der Waals surface area contributed by atoms with Crippen LogP contribution in [0.5, 0.6) is 0 Å². The summed E-state index contributed by atoms with van der Waals surface area (Å²) in [6.07, 6.45) is 3.29. The van der Waals surface area contributed by atoms with E-state index in [-0.39, 0.29) is 5.91 Å². The predicted molar refractivity (Wildman–Crippen MR) is 130 cm³/mol. The maximum atomic E-state index is 13.2. The third-order valence-electron chi connectivity index (χ3n) is 5.76. The van der Waals surface area contributed by atoms with Crippen molar-refractivity contribution < 1.29 is 9.21 Å². The topological polar surface area (TPSA) is 99.4 Å². The van der Waals surface area contributed by atoms with Gasteiger partial charge in [0.25, 0.3) is 11.9 Å². The summed E-state index contributed by atoms with van der Waals surface area (Å²) < 4.78 is 5.76. The van der Waals surface area contributed by atoms with Gasteiger partial charge in [0, 0.05) is 63.4 Å². The minimum Gasteiger partial charge on any atom is -0.423 e. The van der Waals surface area contributed by atoms with Crippen LogP contribution >= 0.6 is 0 Å². The quantitative estimate of drug-likeness (QED) is 0.494. The van der Waals surface area contributed by atoms with E-state index in [4.69, 9.17) is 4.42 Å². The molecule has 170 valence electrons. The van der Waals surface area contributed by atoms with E-state index in [0.29, 0.717) is 40.4 Å². The van der Waals surface area contributed by atoms with E-state index >= 15 is 0 Å². The molecule has 0 radical (unpaired) electrons. The monoisotopic (exact) mass is 445 g/mol. The number of rotatable bonds is 4. The lowest BCUT2D eigenvalue weighted by molar-refractivity contribution is 0.102. The van der Waals surface area contributed by atoms with Crippen molar-refractivity contribution in [1.29, 1.82) is 0 Å². The first-order chi connectivity index (χ1) is 15.9. The molecule has 3 heterocycles. The zero-order chi connectivity index (χ0) is 23.1. The van der Waals surface area contributed by atoms with E-state index in [0.717, 1.165) is 29.8 Å². The van der Waals surface area contributed by atoms with Gasteiger partial charge < -0.3 is 24.9 Å². The molecule has 2 aromatic carbocycles. The molecular formula is C24H27N7O2. The number of carbonyl (C=O) groups is 1. The largest absolute Gasteiger partial charge is 0.423 e. The van der Waals surface area contributed by atoms with Crippen molar-refractivity contribution in [2.45, 2.75) is 25.9 Å². The summed E-state index contributed by atoms with van der Waals surface area (Å²) in [4.78, 5) is 30.8. The van der Waals surface area contributed by atoms with Crippen LogP contribution in [0.4, 0.5) is 17.4 Å². The molecule has 2 aromatic heterocycles. The van der Waals surface area contributed by atoms with Crippen molar-refractivity contribution in [2.24, 2.45) is 0 Å². The predicted octanol–water partition coefficient (Wildman–Crippen LogP) is 3.28. The molecule has 0 spiro atoms. The van der Waals surface area contributed by atoms with Crippen LogP contribution in [0, 0.1) is 0 Å². The van der Waals surface area contributed by atoms with Gasteiger partial charge in [-0.2, -0.15) is 4.98 Å². The first-order valence-electron chi connectivity index (χ1n) is 11.0. The summed E-state index contributed by atoms with van der Waals surface area (Å²) in [5.41, 5.74) is 4.75. The lowest BCUT2D eigenvalue weighted by Crippen LogP contribution is -2.54. The molecule has 9 heteroatoms. The highest BCUT2D eigenvalue weighted by molar-refractivity contribution is 6.13. The van der Waals surface area contributed by atoms with E-state index < -0.39 is 0 Å². The van der Waals surface area contributed by atoms with Crippen LogP contribution in [0.1, 0.15) is 24.2 Å². The fraction of sp³-hybridized carbons (Fsp3) is 0.333. The number of aromatic nitrogens is 3. The Morgan fingerprint density at radius 1 is 1.09 bits per heavy atom. The van der Waals surface area contributed by atoms with Gasteiger partial charge >= 0.3 is 0 Å². The number of nitrogens with one attached hydrogen (secondary N) is 2. The highest BCUT2D eigenvalue weighted by atomic mass is 16.4. The van der Waals surface area contributed by atoms with E-state index in [1.165, 1.54) is 0 Å². The molecule has 1 fully saturated rings. The Labute approximate surface area is 191 Å². The maximum absolute atomic E-state index is 13.2. The molecule has 0 aliphatic carbocycles. The number of nitrogens with zero attached hydrogens (tertiary/aromatic N) is 5. The average Bonchev–Trinajstić information content (AvgIpc) is 3.21. The standard InChI is InChI=1S/C24H27N7O2/c1-14-12-31(13-15(2)27-14)19-8-6-17(21-22(19)26-10-9-25-21)23(32)28-16-5-7-18-20(11-16)33-24(29-18)30(3)4/h5-11,14-15,27H,12-13H2,1-4H3,(H,28,32). The Hall–Kier alpha value is -3.72. The summed E-state index contributed by atoms with van der Waals surface area (Å²) >= 11 is 0. The molecule has 1 aliphatic heterocycles. The second kappa shape index (κ2) is 8.32. The number of oxazole rings is 1. The molecule has 1 aliphatic rings. The molecule has 2 N–H and O–H groups in total. The minimum absolute atomic E-state index is 0.249. The van der Waals surface area contributed by atoms with Crippen LogP contribution in [0.2, 0.25) is 0 Å². The van der Waals surface area contributed by atoms with Gasteiger partial charge in [-0.25, -0.2) is 0 Å². The van der Waals surface area contributed by atoms with Crippen LogP contribution in [0.25, 0.3) is 22.1 Å². The second-order valence-electron chi connectivity index (χ2n) is 8.79. The van der Waals surface area contributed by atoms with Gasteiger partial charge in [-0.3, -0.25) is 14.8 Å². The number of amides is 1. The number of benzene rings is 2. The number of hydrogen-bond acceptors (Lipinski definition) is 8. The van der Waals surface area contributed by atoms with Crippen molar-refractivity contribution in [1.82, 2.24) is 20.3 Å². The summed E-state index contributed by atoms with van der Waals surface area (Å²) in [7, 11) is 3.73. The summed E-state index contributed by atoms with van der Waals surface area (Å²) in [5.74, 6) is -0.249. The Balaban J connectivity index is 1.46. The van der Waals surface area contributed by atoms with E-state index in [1.807, 2.05) is 38.4 Å². The van der Waals surface area contributed by atoms with Gasteiger partial charge in [0.1, 0.15) is 16.6 Å². The number of hydrogen-bond donors (Lipinski definition) is 2. The van der Waals surface area contributed by atoms with Crippen molar-refractivity contribution >= 4 is 45.4 Å². The fourth-order valence-electron chi connectivity index (χ4n) is 4.38. The molecule has 2 unspecified atom stereocenters. The normalized spacial score (nSPS) is 18.6. The van der Waals surface area contributed by atoms with Gasteiger partial charge in [0.2, 0.25) is 0 Å². The summed E-state index contributed by atoms with van der Waals surface area (Å²) in [5, 5.41) is 6.51. The van der Waals surface area contributed by atoms with Crippen molar-refractivity contribution in [3.05, 3.63) is 48.3 Å². The molecule has 9 nitrogen and oxygen atoms in total. The second-order valence-corrected chi connectivity index (χ2v) is 8.79. The Bertz CT molecular complexity index is 1320. The van der Waals surface area contributed by atoms with Crippen LogP contribution < -0.4 is 20.4 Å². The highest BCUT2D eigenvalue weighted by Crippen LogP contribution is 2.29. The lowest BCUT2D eigenvalue weighted by atomic mass is 10.1. The molecule has 0 saturated carbocycles. The first-order valence-corrected chi connectivity index (χ1v) is 11.0. The number of fused-ring (bicyclic) bond motifs is 2. The Kier molecular flexibility index (Phi) is 5.33. The minimum atomic E-state index is -0.249. The SMILES string of the molecule is CC1CN(c2ccc(C(=O)Nc3ccc4nc(N(C)C)oc4c3)c3nccnc23)CC(C)N1. The lowest BCUT2D eigenvalue weighted by Gasteiger charge is -2.38. The zero-order valence-corrected chi connectivity index (χ0v) is 19.2. The van der Waals surface area contributed by atoms with Crippen molar-refractivity contribution in [3.8, 4) is 0 Å². The van der Waals surface area contributed by atoms with Gasteiger partial charge in [0.05, 0.1) is 11.3 Å². The zero-order valence-electron chi connectivity index (χ0n) is 19.2. The number of piperazine rings is 1. The third-order valence-corrected chi connectivity index (χ3v) is 5.76. The number of carbonyl (C=O) groups excluding carboxylic acids is 1. The smallest absolute Gasteiger partial charge is 0.297 e. The molecule has 1 amide bonds. The van der Waals surface area contributed by atoms with Crippen LogP contribution in [-0.2, 0) is 0 Å². The summed E-state index contributed by atoms with van der Waals surface area (Å²) in [6, 6.07) is 10.5. The van der Waals surface area contributed by atoms with Gasteiger partial charge in [-0.1, -0.05) is 0 Å². The molecule has 33 heavy (non-hydrogen) atoms. The van der Waals surface area contributed by atoms with Gasteiger partial charge in [-0.05, 0) is 38.1 Å². The molecule has 4 aromatic rings. The van der Waals surface area contributed by atoms with Crippen molar-refractivity contribution in [2.75, 3.05) is 42.3 Å². The van der Waals surface area contributed by atoms with Crippen LogP contribution in [0.15, 0.2) is 47.1 Å². The van der Waals surface area contributed by atoms with Gasteiger partial charge in [0.15, 0.2) is 5.58 Å². The van der Waals surface area contributed by atoms with Crippen LogP contribution in [0.3, 0.4) is 0 Å². The van der Waals surface area contributed by atoms with E-state index in [9.17, 15) is 4.79 Å². The van der Waals surface area contributed by atoms with Crippen molar-refractivity contribution in [3.63, 3.8) is 0 Å². The molecule has 0 bridgehead atoms. The Morgan fingerprint density at radius 3 is 2.55 bits per heavy atom.